The second kappa shape index (κ2) is 10.4. The predicted octanol–water partition coefficient (Wildman–Crippen LogP) is 11.5. The molecule has 0 radical (unpaired) electrons. The van der Waals surface area contributed by atoms with Gasteiger partial charge in [-0.2, -0.15) is 4.98 Å². The summed E-state index contributed by atoms with van der Waals surface area (Å²) in [6.45, 7) is 0. The Bertz CT molecular complexity index is 3070. The van der Waals surface area contributed by atoms with Crippen LogP contribution < -0.4 is 0 Å². The second-order valence-corrected chi connectivity index (χ2v) is 14.4. The van der Waals surface area contributed by atoms with E-state index in [0.29, 0.717) is 11.5 Å². The van der Waals surface area contributed by atoms with Gasteiger partial charge in [0.2, 0.25) is 5.71 Å². The maximum absolute atomic E-state index is 6.72. The molecule has 3 aromatic heterocycles. The third kappa shape index (κ3) is 3.60. The van der Waals surface area contributed by atoms with Crippen molar-refractivity contribution in [3.8, 4) is 11.3 Å². The molecule has 3 heterocycles. The molecule has 2 bridgehead atoms. The van der Waals surface area contributed by atoms with Crippen molar-refractivity contribution in [3.05, 3.63) is 215 Å². The number of benzene rings is 7. The van der Waals surface area contributed by atoms with Crippen molar-refractivity contribution >= 4 is 44.0 Å². The van der Waals surface area contributed by atoms with Crippen LogP contribution in [-0.2, 0) is 17.3 Å². The Morgan fingerprint density at radius 2 is 1.04 bits per heavy atom. The molecule has 10 aromatic rings. The van der Waals surface area contributed by atoms with Crippen LogP contribution >= 0.6 is 0 Å². The maximum atomic E-state index is 6.72. The number of aromatic nitrogens is 2. The molecular formula is C49H30N2O2. The Morgan fingerprint density at radius 1 is 0.453 bits per heavy atom. The van der Waals surface area contributed by atoms with E-state index in [0.717, 1.165) is 56.0 Å². The molecule has 0 amide bonds. The van der Waals surface area contributed by atoms with E-state index in [-0.39, 0.29) is 0 Å². The number of nitrogens with zero attached hydrogens (tertiary/aromatic N) is 2. The largest absolute Gasteiger partial charge is 0.455 e. The average Bonchev–Trinajstić information content (AvgIpc) is 3.73. The first-order chi connectivity index (χ1) is 26.3. The Kier molecular flexibility index (Phi) is 5.66. The van der Waals surface area contributed by atoms with Gasteiger partial charge in [0.15, 0.2) is 5.82 Å². The Balaban J connectivity index is 1.28. The summed E-state index contributed by atoms with van der Waals surface area (Å²) in [4.78, 5) is 11.3. The van der Waals surface area contributed by atoms with Gasteiger partial charge < -0.3 is 8.83 Å². The first-order valence-corrected chi connectivity index (χ1v) is 18.2. The van der Waals surface area contributed by atoms with Gasteiger partial charge >= 0.3 is 0 Å². The number of furan rings is 2. The first kappa shape index (κ1) is 28.9. The minimum Gasteiger partial charge on any atom is -0.455 e. The van der Waals surface area contributed by atoms with Crippen molar-refractivity contribution in [2.45, 2.75) is 17.3 Å². The molecular weight excluding hydrogens is 649 g/mol. The molecule has 53 heavy (non-hydrogen) atoms. The fourth-order valence-electron chi connectivity index (χ4n) is 9.88. The normalized spacial score (nSPS) is 18.6. The van der Waals surface area contributed by atoms with Crippen LogP contribution in [-0.4, -0.2) is 9.97 Å². The molecule has 248 valence electrons. The molecule has 0 unspecified atom stereocenters. The van der Waals surface area contributed by atoms with E-state index < -0.39 is 10.8 Å². The zero-order chi connectivity index (χ0) is 34.7. The van der Waals surface area contributed by atoms with Gasteiger partial charge in [0, 0.05) is 27.1 Å². The van der Waals surface area contributed by atoms with E-state index in [1.807, 2.05) is 30.3 Å². The highest BCUT2D eigenvalue weighted by Crippen LogP contribution is 2.62. The van der Waals surface area contributed by atoms with Crippen LogP contribution in [0.15, 0.2) is 179 Å². The number of para-hydroxylation sites is 3. The lowest BCUT2D eigenvalue weighted by atomic mass is 9.55. The molecule has 0 fully saturated rings. The molecule has 3 aliphatic rings. The smallest absolute Gasteiger partial charge is 0.231 e. The van der Waals surface area contributed by atoms with Crippen LogP contribution in [0.1, 0.15) is 44.8 Å². The van der Waals surface area contributed by atoms with Gasteiger partial charge in [0.1, 0.15) is 22.2 Å². The van der Waals surface area contributed by atoms with Crippen LogP contribution in [0, 0.1) is 0 Å². The van der Waals surface area contributed by atoms with Crippen molar-refractivity contribution in [1.29, 1.82) is 0 Å². The summed E-state index contributed by atoms with van der Waals surface area (Å²) in [6.07, 6.45) is 0.807. The highest BCUT2D eigenvalue weighted by Gasteiger charge is 2.57. The van der Waals surface area contributed by atoms with Gasteiger partial charge in [0.05, 0.1) is 11.1 Å². The topological polar surface area (TPSA) is 52.1 Å². The van der Waals surface area contributed by atoms with E-state index in [9.17, 15) is 0 Å². The minimum absolute atomic E-state index is 0.420. The van der Waals surface area contributed by atoms with Crippen LogP contribution in [0.25, 0.3) is 55.3 Å². The predicted molar refractivity (Wildman–Crippen MR) is 210 cm³/mol. The zero-order valence-corrected chi connectivity index (χ0v) is 28.6. The molecule has 7 aromatic carbocycles. The van der Waals surface area contributed by atoms with E-state index >= 15 is 0 Å². The van der Waals surface area contributed by atoms with Crippen molar-refractivity contribution in [3.63, 3.8) is 0 Å². The van der Waals surface area contributed by atoms with E-state index in [4.69, 9.17) is 18.8 Å². The summed E-state index contributed by atoms with van der Waals surface area (Å²) in [6, 6.07) is 60.7. The molecule has 0 saturated carbocycles. The van der Waals surface area contributed by atoms with Crippen molar-refractivity contribution in [2.75, 3.05) is 0 Å². The van der Waals surface area contributed by atoms with Gasteiger partial charge in [-0.15, -0.1) is 0 Å². The number of hydrogen-bond donors (Lipinski definition) is 0. The van der Waals surface area contributed by atoms with Crippen LogP contribution in [0.2, 0.25) is 0 Å². The minimum atomic E-state index is -0.845. The van der Waals surface area contributed by atoms with Crippen LogP contribution in [0.3, 0.4) is 0 Å². The van der Waals surface area contributed by atoms with Gasteiger partial charge in [-0.3, -0.25) is 0 Å². The second-order valence-electron chi connectivity index (χ2n) is 14.4. The first-order valence-electron chi connectivity index (χ1n) is 18.2. The molecule has 4 nitrogen and oxygen atoms in total. The standard InChI is InChI=1S/C49H30N2O2/c1-2-16-31(17-3-1)48-29-30-15-4-7-22-36(30)49(39-25-10-8-23-37(39)48,40-26-11-9-24-38(40)48)47-50-44(43-34-19-6-13-28-42(34)53-46(43)51-47)35-21-14-20-33-32-18-5-12-27-41(32)52-45(33)35/h1-28H,29H2. The van der Waals surface area contributed by atoms with Gasteiger partial charge in [-0.1, -0.05) is 152 Å². The lowest BCUT2D eigenvalue weighted by Crippen LogP contribution is -2.43. The number of fused-ring (bicyclic) bond motifs is 6. The van der Waals surface area contributed by atoms with E-state index in [1.54, 1.807) is 0 Å². The van der Waals surface area contributed by atoms with E-state index in [2.05, 4.69) is 140 Å². The summed E-state index contributed by atoms with van der Waals surface area (Å²) in [7, 11) is 0. The summed E-state index contributed by atoms with van der Waals surface area (Å²) in [5, 5.41) is 3.99. The molecule has 13 rings (SSSR count). The van der Waals surface area contributed by atoms with E-state index in [1.165, 1.54) is 38.9 Å². The quantitative estimate of drug-likeness (QED) is 0.187. The van der Waals surface area contributed by atoms with Gasteiger partial charge in [-0.05, 0) is 63.6 Å². The van der Waals surface area contributed by atoms with Crippen molar-refractivity contribution in [2.24, 2.45) is 0 Å². The Labute approximate surface area is 305 Å². The summed E-state index contributed by atoms with van der Waals surface area (Å²) in [5.41, 5.74) is 12.1. The molecule has 0 aliphatic heterocycles. The lowest BCUT2D eigenvalue weighted by Gasteiger charge is -2.46. The Morgan fingerprint density at radius 3 is 1.79 bits per heavy atom. The number of hydrogen-bond acceptors (Lipinski definition) is 4. The molecule has 4 heteroatoms. The van der Waals surface area contributed by atoms with Crippen molar-refractivity contribution < 1.29 is 8.83 Å². The fraction of sp³-hybridized carbons (Fsp3) is 0.0612. The van der Waals surface area contributed by atoms with Gasteiger partial charge in [-0.25, -0.2) is 4.98 Å². The highest BCUT2D eigenvalue weighted by molar-refractivity contribution is 6.15. The molecule has 3 aliphatic carbocycles. The third-order valence-electron chi connectivity index (χ3n) is 12.0. The third-order valence-corrected chi connectivity index (χ3v) is 12.0. The number of rotatable bonds is 3. The highest BCUT2D eigenvalue weighted by atomic mass is 16.3. The summed E-state index contributed by atoms with van der Waals surface area (Å²) < 4.78 is 13.4. The lowest BCUT2D eigenvalue weighted by molar-refractivity contribution is 0.563. The molecule has 0 N–H and O–H groups in total. The monoisotopic (exact) mass is 678 g/mol. The maximum Gasteiger partial charge on any atom is 0.231 e. The summed E-state index contributed by atoms with van der Waals surface area (Å²) >= 11 is 0. The van der Waals surface area contributed by atoms with Gasteiger partial charge in [0.25, 0.3) is 0 Å². The van der Waals surface area contributed by atoms with Crippen molar-refractivity contribution in [1.82, 2.24) is 9.97 Å². The zero-order valence-electron chi connectivity index (χ0n) is 28.6. The SMILES string of the molecule is c1ccc(C23Cc4ccccc4C(c4nc(-c5cccc6c5oc5ccccc56)c5c(n4)oc4ccccc45)(c4ccccc42)c2ccccc23)cc1. The summed E-state index contributed by atoms with van der Waals surface area (Å²) in [5.74, 6) is 0.683. The molecule has 0 saturated heterocycles. The average molecular weight is 679 g/mol. The molecule has 0 atom stereocenters. The van der Waals surface area contributed by atoms with Crippen LogP contribution in [0.5, 0.6) is 0 Å². The Hall–Kier alpha value is -6.78. The fourth-order valence-corrected chi connectivity index (χ4v) is 9.88. The molecule has 0 spiro atoms. The van der Waals surface area contributed by atoms with Crippen LogP contribution in [0.4, 0.5) is 0 Å².